The molecule has 0 unspecified atom stereocenters. The van der Waals surface area contributed by atoms with Gasteiger partial charge in [0.1, 0.15) is 5.82 Å². The average molecular weight is 424 g/mol. The van der Waals surface area contributed by atoms with Crippen LogP contribution >= 0.6 is 49.9 Å². The van der Waals surface area contributed by atoms with Gasteiger partial charge in [-0.15, -0.1) is 11.3 Å². The van der Waals surface area contributed by atoms with Gasteiger partial charge in [0, 0.05) is 16.4 Å². The van der Waals surface area contributed by atoms with E-state index in [4.69, 9.17) is 0 Å². The summed E-state index contributed by atoms with van der Waals surface area (Å²) in [4.78, 5) is 11.4. The van der Waals surface area contributed by atoms with Gasteiger partial charge >= 0.3 is 0 Å². The van der Waals surface area contributed by atoms with E-state index in [1.54, 1.807) is 11.3 Å². The summed E-state index contributed by atoms with van der Waals surface area (Å²) < 4.78 is 2.18. The number of halogens is 2. The molecule has 0 spiro atoms. The maximum Gasteiger partial charge on any atom is 0.171 e. The second kappa shape index (κ2) is 5.19. The molecule has 90 valence electrons. The number of hydrogen-bond donors (Lipinski definition) is 1. The second-order valence-electron chi connectivity index (χ2n) is 3.56. The molecule has 0 aromatic carbocycles. The Bertz CT molecular complexity index is 549. The molecule has 0 aliphatic heterocycles. The molecular weight excluding hydrogens is 413 g/mol. The molecule has 0 saturated heterocycles. The summed E-state index contributed by atoms with van der Waals surface area (Å²) in [6.45, 7) is 4.08. The largest absolute Gasteiger partial charge is 0.372 e. The number of nitrogens with one attached hydrogen (secondary N) is 1. The molecule has 2 rings (SSSR count). The highest BCUT2D eigenvalue weighted by atomic mass is 127. The van der Waals surface area contributed by atoms with Gasteiger partial charge in [-0.05, 0) is 58.4 Å². The Labute approximate surface area is 126 Å². The van der Waals surface area contributed by atoms with Gasteiger partial charge in [-0.25, -0.2) is 9.97 Å². The van der Waals surface area contributed by atoms with Crippen molar-refractivity contribution in [3.63, 3.8) is 0 Å². The number of rotatable bonds is 2. The van der Waals surface area contributed by atoms with Gasteiger partial charge in [-0.2, -0.15) is 0 Å². The van der Waals surface area contributed by atoms with Crippen LogP contribution in [0.15, 0.2) is 10.5 Å². The minimum Gasteiger partial charge on any atom is -0.372 e. The van der Waals surface area contributed by atoms with Crippen LogP contribution < -0.4 is 5.32 Å². The second-order valence-corrected chi connectivity index (χ2v) is 6.75. The molecule has 3 nitrogen and oxygen atoms in total. The van der Waals surface area contributed by atoms with Crippen LogP contribution in [0, 0.1) is 17.4 Å². The van der Waals surface area contributed by atoms with Gasteiger partial charge in [0.05, 0.1) is 14.1 Å². The monoisotopic (exact) mass is 423 g/mol. The van der Waals surface area contributed by atoms with Crippen molar-refractivity contribution in [3.05, 3.63) is 24.7 Å². The van der Waals surface area contributed by atoms with Crippen LogP contribution in [0.2, 0.25) is 0 Å². The zero-order chi connectivity index (χ0) is 12.6. The van der Waals surface area contributed by atoms with Crippen molar-refractivity contribution in [1.82, 2.24) is 9.97 Å². The van der Waals surface area contributed by atoms with E-state index in [9.17, 15) is 0 Å². The van der Waals surface area contributed by atoms with Gasteiger partial charge < -0.3 is 5.32 Å². The fourth-order valence-electron chi connectivity index (χ4n) is 1.41. The first-order chi connectivity index (χ1) is 8.02. The van der Waals surface area contributed by atoms with Crippen LogP contribution in [0.3, 0.4) is 0 Å². The summed E-state index contributed by atoms with van der Waals surface area (Å²) in [5, 5.41) is 3.10. The normalized spacial score (nSPS) is 10.6. The fraction of sp³-hybridized carbons (Fsp3) is 0.273. The van der Waals surface area contributed by atoms with Crippen LogP contribution in [0.4, 0.5) is 5.82 Å². The van der Waals surface area contributed by atoms with E-state index in [-0.39, 0.29) is 0 Å². The highest BCUT2D eigenvalue weighted by Gasteiger charge is 2.12. The third kappa shape index (κ3) is 2.63. The Morgan fingerprint density at radius 2 is 2.06 bits per heavy atom. The van der Waals surface area contributed by atoms with E-state index in [1.807, 2.05) is 14.0 Å². The van der Waals surface area contributed by atoms with E-state index in [2.05, 4.69) is 66.8 Å². The molecule has 0 saturated carbocycles. The summed E-state index contributed by atoms with van der Waals surface area (Å²) in [6, 6.07) is 2.07. The number of aromatic nitrogens is 2. The van der Waals surface area contributed by atoms with Gasteiger partial charge in [-0.3, -0.25) is 0 Å². The van der Waals surface area contributed by atoms with Gasteiger partial charge in [0.25, 0.3) is 0 Å². The lowest BCUT2D eigenvalue weighted by atomic mass is 10.3. The SMILES string of the molecule is CNc1nc(-c2cc(Br)c(C)s2)nc(C)c1I. The molecule has 0 radical (unpaired) electrons. The molecule has 0 atom stereocenters. The van der Waals surface area contributed by atoms with Crippen molar-refractivity contribution in [2.75, 3.05) is 12.4 Å². The molecule has 0 fully saturated rings. The van der Waals surface area contributed by atoms with Gasteiger partial charge in [-0.1, -0.05) is 0 Å². The van der Waals surface area contributed by atoms with Crippen molar-refractivity contribution >= 4 is 55.7 Å². The summed E-state index contributed by atoms with van der Waals surface area (Å²) in [6.07, 6.45) is 0. The Morgan fingerprint density at radius 1 is 1.35 bits per heavy atom. The highest BCUT2D eigenvalue weighted by Crippen LogP contribution is 2.33. The lowest BCUT2D eigenvalue weighted by Gasteiger charge is -2.07. The zero-order valence-corrected chi connectivity index (χ0v) is 14.2. The minimum absolute atomic E-state index is 0.783. The Kier molecular flexibility index (Phi) is 4.04. The highest BCUT2D eigenvalue weighted by molar-refractivity contribution is 14.1. The third-order valence-corrected chi connectivity index (χ3v) is 5.76. The molecule has 17 heavy (non-hydrogen) atoms. The van der Waals surface area contributed by atoms with Crippen LogP contribution in [0.5, 0.6) is 0 Å². The van der Waals surface area contributed by atoms with Crippen molar-refractivity contribution in [1.29, 1.82) is 0 Å². The zero-order valence-electron chi connectivity index (χ0n) is 9.64. The standard InChI is InChI=1S/C11H11BrIN3S/c1-5-9(13)11(14-3)16-10(15-5)8-4-7(12)6(2)17-8/h4H,1-3H3,(H,14,15,16). The van der Waals surface area contributed by atoms with E-state index in [0.29, 0.717) is 0 Å². The van der Waals surface area contributed by atoms with E-state index < -0.39 is 0 Å². The first-order valence-electron chi connectivity index (χ1n) is 5.01. The Morgan fingerprint density at radius 3 is 2.59 bits per heavy atom. The predicted octanol–water partition coefficient (Wildman–Crippen LogP) is 4.23. The number of aryl methyl sites for hydroxylation is 2. The number of anilines is 1. The molecule has 2 heterocycles. The molecule has 6 heteroatoms. The lowest BCUT2D eigenvalue weighted by Crippen LogP contribution is -2.02. The summed E-state index contributed by atoms with van der Waals surface area (Å²) in [5.74, 6) is 1.67. The third-order valence-electron chi connectivity index (χ3n) is 2.33. The maximum atomic E-state index is 4.54. The van der Waals surface area contributed by atoms with E-state index >= 15 is 0 Å². The van der Waals surface area contributed by atoms with Crippen molar-refractivity contribution in [3.8, 4) is 10.7 Å². The molecule has 2 aromatic rings. The predicted molar refractivity (Wildman–Crippen MR) is 84.8 cm³/mol. The summed E-state index contributed by atoms with van der Waals surface area (Å²) in [5.41, 5.74) is 1.00. The molecule has 0 amide bonds. The molecule has 0 bridgehead atoms. The molecule has 1 N–H and O–H groups in total. The number of nitrogens with zero attached hydrogens (tertiary/aromatic N) is 2. The molecular formula is C11H11BrIN3S. The number of thiophene rings is 1. The molecule has 2 aromatic heterocycles. The van der Waals surface area contributed by atoms with E-state index in [1.165, 1.54) is 4.88 Å². The first kappa shape index (κ1) is 13.2. The van der Waals surface area contributed by atoms with Gasteiger partial charge in [0.2, 0.25) is 0 Å². The quantitative estimate of drug-likeness (QED) is 0.734. The van der Waals surface area contributed by atoms with Crippen LogP contribution in [-0.4, -0.2) is 17.0 Å². The summed E-state index contributed by atoms with van der Waals surface area (Å²) in [7, 11) is 1.88. The minimum atomic E-state index is 0.783. The van der Waals surface area contributed by atoms with E-state index in [0.717, 1.165) is 30.3 Å². The topological polar surface area (TPSA) is 37.8 Å². The Balaban J connectivity index is 2.56. The van der Waals surface area contributed by atoms with Crippen molar-refractivity contribution in [2.24, 2.45) is 0 Å². The lowest BCUT2D eigenvalue weighted by molar-refractivity contribution is 1.09. The summed E-state index contributed by atoms with van der Waals surface area (Å²) >= 11 is 7.48. The number of hydrogen-bond acceptors (Lipinski definition) is 4. The van der Waals surface area contributed by atoms with Gasteiger partial charge in [0.15, 0.2) is 5.82 Å². The van der Waals surface area contributed by atoms with Crippen LogP contribution in [-0.2, 0) is 0 Å². The molecule has 0 aliphatic rings. The van der Waals surface area contributed by atoms with Crippen LogP contribution in [0.25, 0.3) is 10.7 Å². The maximum absolute atomic E-state index is 4.54. The van der Waals surface area contributed by atoms with Crippen molar-refractivity contribution < 1.29 is 0 Å². The average Bonchev–Trinajstić information content (AvgIpc) is 2.63. The Hall–Kier alpha value is -0.210. The first-order valence-corrected chi connectivity index (χ1v) is 7.70. The fourth-order valence-corrected chi connectivity index (χ4v) is 3.38. The van der Waals surface area contributed by atoms with Crippen molar-refractivity contribution in [2.45, 2.75) is 13.8 Å². The molecule has 0 aliphatic carbocycles. The van der Waals surface area contributed by atoms with Crippen LogP contribution in [0.1, 0.15) is 10.6 Å². The smallest absolute Gasteiger partial charge is 0.171 e.